The van der Waals surface area contributed by atoms with Crippen LogP contribution in [0.4, 0.5) is 5.69 Å². The van der Waals surface area contributed by atoms with Crippen LogP contribution in [0.25, 0.3) is 27.7 Å². The fraction of sp³-hybridized carbons (Fsp3) is 0.412. The monoisotopic (exact) mass is 625 g/mol. The third kappa shape index (κ3) is 6.44. The Morgan fingerprint density at radius 3 is 2.73 bits per heavy atom. The quantitative estimate of drug-likeness (QED) is 0.301. The molecule has 0 bridgehead atoms. The van der Waals surface area contributed by atoms with E-state index in [4.69, 9.17) is 4.74 Å². The Morgan fingerprint density at radius 1 is 1.07 bits per heavy atom. The number of rotatable bonds is 8. The first-order valence-corrected chi connectivity index (χ1v) is 16.6. The van der Waals surface area contributed by atoms with Crippen molar-refractivity contribution < 1.29 is 14.3 Å². The number of thiophene rings is 1. The predicted molar refractivity (Wildman–Crippen MR) is 177 cm³/mol. The number of H-pyrrole nitrogens is 1. The third-order valence-electron chi connectivity index (χ3n) is 9.35. The number of carbonyl (C=O) groups is 2. The molecule has 2 fully saturated rings. The molecule has 234 valence electrons. The molecule has 1 atom stereocenters. The Morgan fingerprint density at radius 2 is 1.96 bits per heavy atom. The summed E-state index contributed by atoms with van der Waals surface area (Å²) in [6.45, 7) is 8.48. The maximum absolute atomic E-state index is 14.2. The average molecular weight is 626 g/mol. The largest absolute Gasteiger partial charge is 0.379 e. The number of hydrogen-bond acceptors (Lipinski definition) is 8. The normalized spacial score (nSPS) is 21.3. The van der Waals surface area contributed by atoms with E-state index in [9.17, 15) is 9.59 Å². The van der Waals surface area contributed by atoms with Crippen LogP contribution in [0.15, 0.2) is 59.4 Å². The number of aromatic nitrogens is 3. The Balaban J connectivity index is 1.07. The van der Waals surface area contributed by atoms with E-state index in [0.29, 0.717) is 52.4 Å². The molecule has 3 aromatic heterocycles. The minimum atomic E-state index is -0.637. The van der Waals surface area contributed by atoms with Crippen LogP contribution < -0.4 is 5.32 Å². The summed E-state index contributed by atoms with van der Waals surface area (Å²) in [5, 5.41) is 16.1. The van der Waals surface area contributed by atoms with Crippen LogP contribution in [0.2, 0.25) is 0 Å². The second kappa shape index (κ2) is 12.8. The van der Waals surface area contributed by atoms with Crippen LogP contribution in [0.5, 0.6) is 0 Å². The van der Waals surface area contributed by atoms with Gasteiger partial charge in [-0.25, -0.2) is 0 Å². The number of nitrogens with one attached hydrogen (secondary N) is 2. The number of anilines is 1. The van der Waals surface area contributed by atoms with E-state index in [-0.39, 0.29) is 11.8 Å². The van der Waals surface area contributed by atoms with Crippen LogP contribution in [0.1, 0.15) is 24.1 Å². The van der Waals surface area contributed by atoms with Crippen LogP contribution >= 0.6 is 11.3 Å². The van der Waals surface area contributed by atoms with Crippen molar-refractivity contribution in [2.75, 3.05) is 70.9 Å². The molecule has 0 aliphatic carbocycles. The van der Waals surface area contributed by atoms with Crippen LogP contribution in [-0.4, -0.2) is 107 Å². The Labute approximate surface area is 267 Å². The number of likely N-dealkylation sites (tertiary alicyclic amines) is 1. The lowest BCUT2D eigenvalue weighted by Crippen LogP contribution is -2.51. The molecular formula is C34H39N7O3S. The van der Waals surface area contributed by atoms with Gasteiger partial charge in [-0.3, -0.25) is 29.5 Å². The molecule has 2 N–H and O–H groups in total. The summed E-state index contributed by atoms with van der Waals surface area (Å²) >= 11 is 1.70. The first-order chi connectivity index (χ1) is 22.0. The zero-order chi connectivity index (χ0) is 30.8. The highest BCUT2D eigenvalue weighted by atomic mass is 32.1. The summed E-state index contributed by atoms with van der Waals surface area (Å²) in [5.41, 5.74) is 6.31. The van der Waals surface area contributed by atoms with Crippen molar-refractivity contribution in [3.63, 3.8) is 0 Å². The van der Waals surface area contributed by atoms with Crippen molar-refractivity contribution in [1.29, 1.82) is 0 Å². The molecule has 0 saturated carbocycles. The van der Waals surface area contributed by atoms with E-state index in [1.807, 2.05) is 42.2 Å². The molecule has 4 aromatic rings. The van der Waals surface area contributed by atoms with E-state index in [1.165, 1.54) is 11.1 Å². The lowest BCUT2D eigenvalue weighted by atomic mass is 9.85. The van der Waals surface area contributed by atoms with Gasteiger partial charge in [-0.05, 0) is 84.6 Å². The average Bonchev–Trinajstić information content (AvgIpc) is 3.83. The van der Waals surface area contributed by atoms with Gasteiger partial charge < -0.3 is 15.0 Å². The van der Waals surface area contributed by atoms with E-state index < -0.39 is 5.41 Å². The molecule has 45 heavy (non-hydrogen) atoms. The van der Waals surface area contributed by atoms with Crippen molar-refractivity contribution in [3.8, 4) is 11.3 Å². The highest BCUT2D eigenvalue weighted by molar-refractivity contribution is 7.08. The summed E-state index contributed by atoms with van der Waals surface area (Å²) in [6, 6.07) is 12.0. The minimum absolute atomic E-state index is 0.00518. The van der Waals surface area contributed by atoms with Crippen molar-refractivity contribution >= 4 is 45.3 Å². The number of fused-ring (bicyclic) bond motifs is 1. The highest BCUT2D eigenvalue weighted by Gasteiger charge is 2.46. The van der Waals surface area contributed by atoms with Gasteiger partial charge in [-0.15, -0.1) is 0 Å². The molecule has 1 aromatic carbocycles. The van der Waals surface area contributed by atoms with Crippen molar-refractivity contribution in [2.45, 2.75) is 19.8 Å². The van der Waals surface area contributed by atoms with Crippen LogP contribution in [0.3, 0.4) is 0 Å². The first-order valence-electron chi connectivity index (χ1n) is 15.7. The maximum Gasteiger partial charge on any atom is 0.237 e. The van der Waals surface area contributed by atoms with Gasteiger partial charge in [0, 0.05) is 67.8 Å². The second-order valence-corrected chi connectivity index (χ2v) is 13.2. The molecule has 7 rings (SSSR count). The predicted octanol–water partition coefficient (Wildman–Crippen LogP) is 4.27. The van der Waals surface area contributed by atoms with Crippen molar-refractivity contribution in [2.24, 2.45) is 5.41 Å². The number of ether oxygens (including phenoxy) is 1. The lowest BCUT2D eigenvalue weighted by molar-refractivity contribution is -0.133. The molecule has 3 aliphatic heterocycles. The smallest absolute Gasteiger partial charge is 0.237 e. The van der Waals surface area contributed by atoms with E-state index in [0.717, 1.165) is 59.6 Å². The third-order valence-corrected chi connectivity index (χ3v) is 10.0. The Hall–Kier alpha value is -3.90. The summed E-state index contributed by atoms with van der Waals surface area (Å²) in [4.78, 5) is 38.4. The highest BCUT2D eigenvalue weighted by Crippen LogP contribution is 2.35. The fourth-order valence-corrected chi connectivity index (χ4v) is 7.51. The molecule has 10 nitrogen and oxygen atoms in total. The van der Waals surface area contributed by atoms with Gasteiger partial charge in [-0.2, -0.15) is 16.4 Å². The number of amides is 2. The number of carbonyl (C=O) groups excluding carboxylic acids is 2. The molecular weight excluding hydrogens is 586 g/mol. The molecule has 3 aliphatic rings. The molecule has 0 spiro atoms. The fourth-order valence-electron chi connectivity index (χ4n) is 6.83. The van der Waals surface area contributed by atoms with Crippen LogP contribution in [-0.2, 0) is 14.3 Å². The number of pyridine rings is 1. The summed E-state index contributed by atoms with van der Waals surface area (Å²) < 4.78 is 5.59. The van der Waals surface area contributed by atoms with E-state index in [2.05, 4.69) is 53.2 Å². The van der Waals surface area contributed by atoms with E-state index >= 15 is 0 Å². The topological polar surface area (TPSA) is 107 Å². The Kier molecular flexibility index (Phi) is 8.50. The van der Waals surface area contributed by atoms with Gasteiger partial charge in [-0.1, -0.05) is 6.08 Å². The number of aryl methyl sites for hydroxylation is 1. The lowest BCUT2D eigenvalue weighted by Gasteiger charge is -2.36. The minimum Gasteiger partial charge on any atom is -0.379 e. The van der Waals surface area contributed by atoms with Crippen molar-refractivity contribution in [1.82, 2.24) is 29.9 Å². The molecule has 11 heteroatoms. The SMILES string of the molecule is Cc1cc(-c2n[nH]c3ccc(NC(=O)C4(CN5CCOCC5)CCN(CC(=O)N5CC=C(c6ccsc6)CC5)C4)cc23)ccn1. The van der Waals surface area contributed by atoms with Gasteiger partial charge in [0.2, 0.25) is 11.8 Å². The molecule has 2 amide bonds. The van der Waals surface area contributed by atoms with Crippen molar-refractivity contribution in [3.05, 3.63) is 70.7 Å². The second-order valence-electron chi connectivity index (χ2n) is 12.4. The number of benzene rings is 1. The van der Waals surface area contributed by atoms with Gasteiger partial charge in [0.15, 0.2) is 0 Å². The zero-order valence-electron chi connectivity index (χ0n) is 25.6. The number of morpholine rings is 1. The van der Waals surface area contributed by atoms with Gasteiger partial charge >= 0.3 is 0 Å². The molecule has 2 saturated heterocycles. The van der Waals surface area contributed by atoms with Gasteiger partial charge in [0.05, 0.1) is 30.7 Å². The van der Waals surface area contributed by atoms with Crippen LogP contribution in [0, 0.1) is 12.3 Å². The maximum atomic E-state index is 14.2. The standard InChI is InChI=1S/C34H39N7O3S/c1-24-18-26(4-9-35-24)32-29-19-28(2-3-30(29)37-38-32)36-33(43)34(22-39-13-15-44-16-14-39)8-12-40(23-34)20-31(42)41-10-5-25(6-11-41)27-7-17-45-21-27/h2-5,7,9,17-19,21H,6,8,10-16,20,22-23H2,1H3,(H,36,43)(H,37,38). The molecule has 6 heterocycles. The summed E-state index contributed by atoms with van der Waals surface area (Å²) in [5.74, 6) is 0.122. The number of aromatic amines is 1. The van der Waals surface area contributed by atoms with Gasteiger partial charge in [0.1, 0.15) is 5.69 Å². The molecule has 1 unspecified atom stereocenters. The first kappa shape index (κ1) is 29.8. The van der Waals surface area contributed by atoms with Gasteiger partial charge in [0.25, 0.3) is 0 Å². The summed E-state index contributed by atoms with van der Waals surface area (Å²) in [6.07, 6.45) is 5.53. The number of hydrogen-bond donors (Lipinski definition) is 2. The van der Waals surface area contributed by atoms with E-state index in [1.54, 1.807) is 17.5 Å². The number of nitrogens with zero attached hydrogens (tertiary/aromatic N) is 5. The molecule has 0 radical (unpaired) electrons. The Bertz CT molecular complexity index is 1710. The zero-order valence-corrected chi connectivity index (χ0v) is 26.4. The summed E-state index contributed by atoms with van der Waals surface area (Å²) in [7, 11) is 0.